The highest BCUT2D eigenvalue weighted by molar-refractivity contribution is 5.95. The second kappa shape index (κ2) is 13.3. The number of aliphatic hydroxyl groups excluding tert-OH is 1. The number of imidazole rings is 1. The van der Waals surface area contributed by atoms with E-state index in [1.54, 1.807) is 13.8 Å². The average Bonchev–Trinajstić information content (AvgIpc) is 3.26. The van der Waals surface area contributed by atoms with E-state index in [-0.39, 0.29) is 6.42 Å². The molecule has 1 heterocycles. The van der Waals surface area contributed by atoms with Gasteiger partial charge in [0.15, 0.2) is 0 Å². The van der Waals surface area contributed by atoms with E-state index >= 15 is 0 Å². The molecule has 6 unspecified atom stereocenters. The van der Waals surface area contributed by atoms with Crippen molar-refractivity contribution in [2.75, 3.05) is 0 Å². The number of hydrogen-bond acceptors (Lipinski definition) is 8. The van der Waals surface area contributed by atoms with Gasteiger partial charge in [-0.3, -0.25) is 19.2 Å². The van der Waals surface area contributed by atoms with Crippen LogP contribution in [0.5, 0.6) is 0 Å². The molecular formula is C20H32N6O8. The zero-order valence-electron chi connectivity index (χ0n) is 19.1. The Kier molecular flexibility index (Phi) is 11.1. The molecule has 1 rings (SSSR count). The number of nitrogens with zero attached hydrogens (tertiary/aromatic N) is 1. The lowest BCUT2D eigenvalue weighted by molar-refractivity contribution is -0.145. The summed E-state index contributed by atoms with van der Waals surface area (Å²) in [6, 6.07) is -5.63. The smallest absolute Gasteiger partial charge is 0.326 e. The van der Waals surface area contributed by atoms with E-state index in [0.717, 1.165) is 0 Å². The predicted molar refractivity (Wildman–Crippen MR) is 117 cm³/mol. The molecule has 1 aromatic heterocycles. The van der Waals surface area contributed by atoms with Gasteiger partial charge in [0.2, 0.25) is 17.7 Å². The van der Waals surface area contributed by atoms with Crippen LogP contribution in [0.15, 0.2) is 12.5 Å². The molecule has 0 saturated heterocycles. The summed E-state index contributed by atoms with van der Waals surface area (Å²) in [5, 5.41) is 35.2. The highest BCUT2D eigenvalue weighted by Crippen LogP contribution is 2.09. The van der Waals surface area contributed by atoms with Gasteiger partial charge in [0.05, 0.1) is 24.9 Å². The summed E-state index contributed by atoms with van der Waals surface area (Å²) in [6.07, 6.45) is 1.06. The van der Waals surface area contributed by atoms with E-state index < -0.39 is 72.3 Å². The zero-order chi connectivity index (χ0) is 26.0. The van der Waals surface area contributed by atoms with Gasteiger partial charge in [-0.15, -0.1) is 0 Å². The first-order valence-electron chi connectivity index (χ1n) is 10.6. The number of hydrogen-bond donors (Lipinski definition) is 8. The number of aromatic nitrogens is 2. The standard InChI is InChI=1S/C20H32N6O8/c1-4-9(2)15(20(33)34)25-18(31)13(6-14(28)29)24-19(32)16(10(3)27)26-17(30)12(21)5-11-7-22-8-23-11/h7-10,12-13,15-16,27H,4-6,21H2,1-3H3,(H,22,23)(H,24,32)(H,25,31)(H,26,30)(H,28,29)(H,33,34). The number of carboxylic acids is 2. The minimum Gasteiger partial charge on any atom is -0.481 e. The molecule has 0 bridgehead atoms. The summed E-state index contributed by atoms with van der Waals surface area (Å²) in [4.78, 5) is 67.1. The third kappa shape index (κ3) is 8.78. The van der Waals surface area contributed by atoms with Gasteiger partial charge in [-0.2, -0.15) is 0 Å². The SMILES string of the molecule is CCC(C)C(NC(=O)C(CC(=O)O)NC(=O)C(NC(=O)C(N)Cc1cnc[nH]1)C(C)O)C(=O)O. The molecule has 0 aliphatic heterocycles. The fourth-order valence-corrected chi connectivity index (χ4v) is 2.97. The Morgan fingerprint density at radius 2 is 1.65 bits per heavy atom. The number of rotatable bonds is 14. The number of H-pyrrole nitrogens is 1. The van der Waals surface area contributed by atoms with E-state index in [2.05, 4.69) is 25.9 Å². The first kappa shape index (κ1) is 28.5. The van der Waals surface area contributed by atoms with Gasteiger partial charge in [-0.25, -0.2) is 9.78 Å². The third-order valence-corrected chi connectivity index (χ3v) is 5.18. The number of nitrogens with one attached hydrogen (secondary N) is 4. The van der Waals surface area contributed by atoms with Crippen LogP contribution in [0.1, 0.15) is 39.3 Å². The largest absolute Gasteiger partial charge is 0.481 e. The fraction of sp³-hybridized carbons (Fsp3) is 0.600. The van der Waals surface area contributed by atoms with Crippen LogP contribution in [0.2, 0.25) is 0 Å². The number of aliphatic carboxylic acids is 2. The van der Waals surface area contributed by atoms with Gasteiger partial charge in [0, 0.05) is 18.3 Å². The van der Waals surface area contributed by atoms with Crippen LogP contribution in [-0.4, -0.2) is 85.2 Å². The number of carbonyl (C=O) groups excluding carboxylic acids is 3. The van der Waals surface area contributed by atoms with Gasteiger partial charge in [-0.1, -0.05) is 20.3 Å². The third-order valence-electron chi connectivity index (χ3n) is 5.18. The Hall–Kier alpha value is -3.52. The maximum atomic E-state index is 12.7. The molecule has 1 aromatic rings. The van der Waals surface area contributed by atoms with Crippen LogP contribution in [0.3, 0.4) is 0 Å². The maximum Gasteiger partial charge on any atom is 0.326 e. The Labute approximate surface area is 195 Å². The van der Waals surface area contributed by atoms with E-state index in [1.165, 1.54) is 19.4 Å². The minimum atomic E-state index is -1.66. The van der Waals surface area contributed by atoms with Crippen LogP contribution in [-0.2, 0) is 30.4 Å². The number of amides is 3. The van der Waals surface area contributed by atoms with Crippen molar-refractivity contribution < 1.29 is 39.3 Å². The first-order chi connectivity index (χ1) is 15.9. The van der Waals surface area contributed by atoms with E-state index in [1.807, 2.05) is 0 Å². The molecule has 14 heteroatoms. The second-order valence-electron chi connectivity index (χ2n) is 7.98. The van der Waals surface area contributed by atoms with Crippen molar-refractivity contribution in [3.05, 3.63) is 18.2 Å². The number of aromatic amines is 1. The summed E-state index contributed by atoms with van der Waals surface area (Å²) < 4.78 is 0. The zero-order valence-corrected chi connectivity index (χ0v) is 19.1. The van der Waals surface area contributed by atoms with Crippen molar-refractivity contribution in [3.63, 3.8) is 0 Å². The lowest BCUT2D eigenvalue weighted by atomic mass is 9.98. The summed E-state index contributed by atoms with van der Waals surface area (Å²) >= 11 is 0. The van der Waals surface area contributed by atoms with Crippen LogP contribution >= 0.6 is 0 Å². The van der Waals surface area contributed by atoms with Crippen molar-refractivity contribution >= 4 is 29.7 Å². The molecule has 0 aliphatic rings. The Bertz CT molecular complexity index is 859. The van der Waals surface area contributed by atoms with Crippen molar-refractivity contribution in [1.82, 2.24) is 25.9 Å². The highest BCUT2D eigenvalue weighted by atomic mass is 16.4. The van der Waals surface area contributed by atoms with Crippen LogP contribution in [0, 0.1) is 5.92 Å². The lowest BCUT2D eigenvalue weighted by Crippen LogP contribution is -2.60. The number of carbonyl (C=O) groups is 5. The van der Waals surface area contributed by atoms with Gasteiger partial charge < -0.3 is 42.0 Å². The van der Waals surface area contributed by atoms with Crippen molar-refractivity contribution in [1.29, 1.82) is 0 Å². The summed E-state index contributed by atoms with van der Waals surface area (Å²) in [6.45, 7) is 4.52. The molecule has 0 aliphatic carbocycles. The van der Waals surface area contributed by atoms with E-state index in [9.17, 15) is 34.2 Å². The molecule has 34 heavy (non-hydrogen) atoms. The Morgan fingerprint density at radius 3 is 2.12 bits per heavy atom. The minimum absolute atomic E-state index is 0.0657. The van der Waals surface area contributed by atoms with Gasteiger partial charge in [0.1, 0.15) is 18.1 Å². The first-order valence-corrected chi connectivity index (χ1v) is 10.6. The molecule has 14 nitrogen and oxygen atoms in total. The van der Waals surface area contributed by atoms with Gasteiger partial charge in [-0.05, 0) is 12.8 Å². The van der Waals surface area contributed by atoms with Crippen LogP contribution < -0.4 is 21.7 Å². The molecule has 9 N–H and O–H groups in total. The average molecular weight is 485 g/mol. The van der Waals surface area contributed by atoms with Crippen LogP contribution in [0.25, 0.3) is 0 Å². The number of nitrogens with two attached hydrogens (primary N) is 1. The summed E-state index contributed by atoms with van der Waals surface area (Å²) in [5.41, 5.74) is 6.39. The Morgan fingerprint density at radius 1 is 1.03 bits per heavy atom. The predicted octanol–water partition coefficient (Wildman–Crippen LogP) is -2.28. The molecule has 0 fully saturated rings. The van der Waals surface area contributed by atoms with E-state index in [4.69, 9.17) is 10.8 Å². The summed E-state index contributed by atoms with van der Waals surface area (Å²) in [5.74, 6) is -6.08. The maximum absolute atomic E-state index is 12.7. The molecule has 0 saturated carbocycles. The van der Waals surface area contributed by atoms with Crippen LogP contribution in [0.4, 0.5) is 0 Å². The normalized spacial score (nSPS) is 16.3. The molecule has 0 spiro atoms. The van der Waals surface area contributed by atoms with Crippen molar-refractivity contribution in [3.8, 4) is 0 Å². The topological polar surface area (TPSA) is 237 Å². The second-order valence-corrected chi connectivity index (χ2v) is 7.98. The number of aliphatic hydroxyl groups is 1. The number of carboxylic acid groups (broad SMARTS) is 2. The molecule has 0 aromatic carbocycles. The quantitative estimate of drug-likeness (QED) is 0.141. The molecule has 3 amide bonds. The molecule has 6 atom stereocenters. The van der Waals surface area contributed by atoms with E-state index in [0.29, 0.717) is 12.1 Å². The molecule has 190 valence electrons. The fourth-order valence-electron chi connectivity index (χ4n) is 2.97. The molecular weight excluding hydrogens is 452 g/mol. The molecule has 0 radical (unpaired) electrons. The van der Waals surface area contributed by atoms with Gasteiger partial charge >= 0.3 is 11.9 Å². The monoisotopic (exact) mass is 484 g/mol. The Balaban J connectivity index is 2.93. The van der Waals surface area contributed by atoms with Crippen molar-refractivity contribution in [2.24, 2.45) is 11.7 Å². The highest BCUT2D eigenvalue weighted by Gasteiger charge is 2.34. The van der Waals surface area contributed by atoms with Crippen molar-refractivity contribution in [2.45, 2.75) is 70.3 Å². The lowest BCUT2D eigenvalue weighted by Gasteiger charge is -2.26. The van der Waals surface area contributed by atoms with Gasteiger partial charge in [0.25, 0.3) is 0 Å². The summed E-state index contributed by atoms with van der Waals surface area (Å²) in [7, 11) is 0.